The predicted molar refractivity (Wildman–Crippen MR) is 114 cm³/mol. The summed E-state index contributed by atoms with van der Waals surface area (Å²) < 4.78 is 21.4. The fourth-order valence-electron chi connectivity index (χ4n) is 2.72. The highest BCUT2D eigenvalue weighted by Crippen LogP contribution is 2.29. The van der Waals surface area contributed by atoms with Crippen molar-refractivity contribution in [3.8, 4) is 11.8 Å². The minimum Gasteiger partial charge on any atom is -0.425 e. The van der Waals surface area contributed by atoms with Crippen LogP contribution in [0.25, 0.3) is 0 Å². The third-order valence-corrected chi connectivity index (χ3v) is 4.99. The summed E-state index contributed by atoms with van der Waals surface area (Å²) >= 11 is 9.34. The van der Waals surface area contributed by atoms with Crippen LogP contribution in [0.15, 0.2) is 53.1 Å². The van der Waals surface area contributed by atoms with E-state index in [9.17, 15) is 9.18 Å². The number of benzene rings is 2. The van der Waals surface area contributed by atoms with Crippen molar-refractivity contribution >= 4 is 33.4 Å². The first-order chi connectivity index (χ1) is 14.0. The number of nitrogens with one attached hydrogen (secondary N) is 1. The molecule has 3 rings (SSSR count). The number of unbranched alkanes of at least 4 members (excludes halogenated alkanes) is 1. The molecule has 0 aliphatic carbocycles. The summed E-state index contributed by atoms with van der Waals surface area (Å²) in [5.41, 5.74) is 1.24. The highest BCUT2D eigenvalue weighted by Gasteiger charge is 2.23. The van der Waals surface area contributed by atoms with Crippen molar-refractivity contribution in [2.45, 2.75) is 26.3 Å². The lowest BCUT2D eigenvalue weighted by Crippen LogP contribution is -2.27. The van der Waals surface area contributed by atoms with E-state index < -0.39 is 5.82 Å². The van der Waals surface area contributed by atoms with E-state index in [0.29, 0.717) is 28.4 Å². The van der Waals surface area contributed by atoms with Gasteiger partial charge in [-0.25, -0.2) is 4.39 Å². The molecule has 0 saturated carbocycles. The molecule has 152 valence electrons. The number of rotatable bonds is 8. The Balaban J connectivity index is 1.96. The van der Waals surface area contributed by atoms with E-state index in [2.05, 4.69) is 33.2 Å². The molecule has 0 aliphatic heterocycles. The van der Waals surface area contributed by atoms with E-state index in [-0.39, 0.29) is 17.7 Å². The average molecular weight is 481 g/mol. The number of carbonyl (C=O) groups excluding carboxylic acids is 1. The number of imidazole rings is 1. The van der Waals surface area contributed by atoms with Gasteiger partial charge in [-0.05, 0) is 52.2 Å². The summed E-state index contributed by atoms with van der Waals surface area (Å²) in [6.45, 7) is 2.95. The third kappa shape index (κ3) is 5.58. The summed E-state index contributed by atoms with van der Waals surface area (Å²) in [7, 11) is 0. The van der Waals surface area contributed by atoms with Crippen molar-refractivity contribution in [1.29, 1.82) is 0 Å². The minimum absolute atomic E-state index is 0.179. The van der Waals surface area contributed by atoms with Crippen molar-refractivity contribution in [1.82, 2.24) is 14.9 Å². The van der Waals surface area contributed by atoms with Crippen LogP contribution in [-0.4, -0.2) is 22.0 Å². The van der Waals surface area contributed by atoms with Crippen LogP contribution in [0.3, 0.4) is 0 Å². The normalized spacial score (nSPS) is 10.8. The molecule has 0 unspecified atom stereocenters. The first kappa shape index (κ1) is 21.3. The van der Waals surface area contributed by atoms with Gasteiger partial charge in [0, 0.05) is 17.6 Å². The molecule has 29 heavy (non-hydrogen) atoms. The first-order valence-corrected chi connectivity index (χ1v) is 10.4. The largest absolute Gasteiger partial charge is 0.425 e. The highest BCUT2D eigenvalue weighted by atomic mass is 79.9. The number of hydrogen-bond donors (Lipinski definition) is 1. The fourth-order valence-corrected chi connectivity index (χ4v) is 3.39. The van der Waals surface area contributed by atoms with E-state index in [0.717, 1.165) is 18.4 Å². The summed E-state index contributed by atoms with van der Waals surface area (Å²) in [5.74, 6) is -0.395. The lowest BCUT2D eigenvalue weighted by molar-refractivity contribution is 0.0942. The number of hydrogen-bond acceptors (Lipinski definition) is 3. The topological polar surface area (TPSA) is 56.1 Å². The Morgan fingerprint density at radius 2 is 2.03 bits per heavy atom. The lowest BCUT2D eigenvalue weighted by atomic mass is 10.2. The standard InChI is InChI=1S/C21H20BrClFN3O2/c1-2-3-11-25-20(28)18-19(22)26-21(29-17-6-4-5-16(24)12-17)27(18)13-14-7-9-15(23)10-8-14/h4-10,12H,2-3,11,13H2,1H3,(H,25,28). The highest BCUT2D eigenvalue weighted by molar-refractivity contribution is 9.10. The van der Waals surface area contributed by atoms with Crippen LogP contribution in [0.1, 0.15) is 35.8 Å². The molecule has 0 radical (unpaired) electrons. The molecule has 1 heterocycles. The van der Waals surface area contributed by atoms with Crippen LogP contribution in [0, 0.1) is 5.82 Å². The molecule has 0 atom stereocenters. The maximum Gasteiger partial charge on any atom is 0.303 e. The zero-order valence-electron chi connectivity index (χ0n) is 15.8. The van der Waals surface area contributed by atoms with Gasteiger partial charge in [0.25, 0.3) is 5.91 Å². The van der Waals surface area contributed by atoms with E-state index in [4.69, 9.17) is 16.3 Å². The number of amides is 1. The summed E-state index contributed by atoms with van der Waals surface area (Å²) in [6, 6.07) is 13.2. The number of nitrogens with zero attached hydrogens (tertiary/aromatic N) is 2. The quantitative estimate of drug-likeness (QED) is 0.414. The van der Waals surface area contributed by atoms with Gasteiger partial charge in [-0.15, -0.1) is 0 Å². The van der Waals surface area contributed by atoms with Crippen molar-refractivity contribution in [2.75, 3.05) is 6.54 Å². The Morgan fingerprint density at radius 3 is 2.72 bits per heavy atom. The lowest BCUT2D eigenvalue weighted by Gasteiger charge is -2.13. The Labute approximate surface area is 182 Å². The molecule has 2 aromatic carbocycles. The zero-order chi connectivity index (χ0) is 20.8. The summed E-state index contributed by atoms with van der Waals surface area (Å²) in [6.07, 6.45) is 1.85. The molecular weight excluding hydrogens is 461 g/mol. The first-order valence-electron chi connectivity index (χ1n) is 9.20. The number of carbonyl (C=O) groups is 1. The monoisotopic (exact) mass is 479 g/mol. The van der Waals surface area contributed by atoms with Gasteiger partial charge in [-0.3, -0.25) is 9.36 Å². The molecule has 3 aromatic rings. The van der Waals surface area contributed by atoms with Gasteiger partial charge in [-0.1, -0.05) is 43.1 Å². The summed E-state index contributed by atoms with van der Waals surface area (Å²) in [5, 5.41) is 3.52. The van der Waals surface area contributed by atoms with E-state index in [1.807, 2.05) is 12.1 Å². The van der Waals surface area contributed by atoms with Crippen molar-refractivity contribution in [3.05, 3.63) is 75.2 Å². The molecule has 0 spiro atoms. The molecule has 0 fully saturated rings. The number of halogens is 3. The molecule has 0 aliphatic rings. The molecule has 8 heteroatoms. The van der Waals surface area contributed by atoms with Gasteiger partial charge in [0.15, 0.2) is 0 Å². The SMILES string of the molecule is CCCCNC(=O)c1c(Br)nc(Oc2cccc(F)c2)n1Cc1ccc(Cl)cc1. The second-order valence-electron chi connectivity index (χ2n) is 6.42. The van der Waals surface area contributed by atoms with E-state index in [1.165, 1.54) is 12.1 Å². The maximum absolute atomic E-state index is 13.5. The Bertz CT molecular complexity index is 992. The van der Waals surface area contributed by atoms with Gasteiger partial charge in [0.2, 0.25) is 0 Å². The van der Waals surface area contributed by atoms with Gasteiger partial charge in [0.1, 0.15) is 21.9 Å². The summed E-state index contributed by atoms with van der Waals surface area (Å²) in [4.78, 5) is 17.1. The molecular formula is C21H20BrClFN3O2. The minimum atomic E-state index is -0.421. The predicted octanol–water partition coefficient (Wildman–Crippen LogP) is 5.81. The maximum atomic E-state index is 13.5. The van der Waals surface area contributed by atoms with Gasteiger partial charge >= 0.3 is 6.01 Å². The van der Waals surface area contributed by atoms with Gasteiger partial charge in [-0.2, -0.15) is 4.98 Å². The van der Waals surface area contributed by atoms with Crippen molar-refractivity contribution in [2.24, 2.45) is 0 Å². The van der Waals surface area contributed by atoms with Crippen LogP contribution in [0.4, 0.5) is 4.39 Å². The molecule has 0 bridgehead atoms. The Morgan fingerprint density at radius 1 is 1.28 bits per heavy atom. The van der Waals surface area contributed by atoms with Crippen molar-refractivity contribution < 1.29 is 13.9 Å². The average Bonchev–Trinajstić information content (AvgIpc) is 2.98. The number of ether oxygens (including phenoxy) is 1. The third-order valence-electron chi connectivity index (χ3n) is 4.18. The van der Waals surface area contributed by atoms with Crippen LogP contribution in [-0.2, 0) is 6.54 Å². The van der Waals surface area contributed by atoms with Crippen LogP contribution in [0.5, 0.6) is 11.8 Å². The molecule has 1 aromatic heterocycles. The smallest absolute Gasteiger partial charge is 0.303 e. The van der Waals surface area contributed by atoms with Gasteiger partial charge < -0.3 is 10.1 Å². The Kier molecular flexibility index (Phi) is 7.28. The second kappa shape index (κ2) is 9.89. The van der Waals surface area contributed by atoms with E-state index in [1.54, 1.807) is 28.8 Å². The van der Waals surface area contributed by atoms with Crippen LogP contribution < -0.4 is 10.1 Å². The van der Waals surface area contributed by atoms with Crippen LogP contribution in [0.2, 0.25) is 5.02 Å². The van der Waals surface area contributed by atoms with Crippen LogP contribution >= 0.6 is 27.5 Å². The molecule has 1 amide bonds. The second-order valence-corrected chi connectivity index (χ2v) is 7.60. The van der Waals surface area contributed by atoms with Gasteiger partial charge in [0.05, 0.1) is 6.54 Å². The number of aromatic nitrogens is 2. The molecule has 0 saturated heterocycles. The van der Waals surface area contributed by atoms with E-state index >= 15 is 0 Å². The van der Waals surface area contributed by atoms with Crippen molar-refractivity contribution in [3.63, 3.8) is 0 Å². The fraction of sp³-hybridized carbons (Fsp3) is 0.238. The molecule has 1 N–H and O–H groups in total. The zero-order valence-corrected chi connectivity index (χ0v) is 18.1. The molecule has 5 nitrogen and oxygen atoms in total. The Hall–Kier alpha value is -2.38.